The van der Waals surface area contributed by atoms with Crippen LogP contribution in [0, 0.1) is 6.61 Å². The fourth-order valence-corrected chi connectivity index (χ4v) is 0.625. The van der Waals surface area contributed by atoms with E-state index in [9.17, 15) is 0 Å². The second kappa shape index (κ2) is 3.53. The Morgan fingerprint density at radius 2 is 2.10 bits per heavy atom. The predicted molar refractivity (Wildman–Crippen MR) is 38.2 cm³/mol. The van der Waals surface area contributed by atoms with Gasteiger partial charge in [-0.3, -0.25) is 0 Å². The molecule has 52 valence electrons. The molecule has 0 fully saturated rings. The Morgan fingerprint density at radius 1 is 1.50 bits per heavy atom. The molecule has 1 rings (SSSR count). The standard InChI is InChI=1S/C6H6N2OS/c9-2-1-6-7-3-5(10)4-8-6/h3-4,9-10H,1H2. The molecule has 0 aliphatic heterocycles. The number of aliphatic hydroxyl groups is 1. The molecule has 0 unspecified atom stereocenters. The minimum Gasteiger partial charge on any atom is -0.383 e. The van der Waals surface area contributed by atoms with Crippen LogP contribution in [0.1, 0.15) is 5.82 Å². The quantitative estimate of drug-likeness (QED) is 0.617. The Morgan fingerprint density at radius 3 is 2.60 bits per heavy atom. The van der Waals surface area contributed by atoms with Crippen molar-refractivity contribution in [2.75, 3.05) is 0 Å². The number of hydrogen-bond acceptors (Lipinski definition) is 4. The smallest absolute Gasteiger partial charge is 0.136 e. The van der Waals surface area contributed by atoms with Crippen molar-refractivity contribution in [3.63, 3.8) is 0 Å². The average Bonchev–Trinajstić information content (AvgIpc) is 1.95. The van der Waals surface area contributed by atoms with Crippen LogP contribution in [0.2, 0.25) is 0 Å². The SMILES string of the molecule is O[C]Cc1ncc(S)cn1. The molecule has 0 saturated heterocycles. The van der Waals surface area contributed by atoms with Crippen molar-refractivity contribution in [3.05, 3.63) is 24.8 Å². The third-order valence-corrected chi connectivity index (χ3v) is 1.16. The van der Waals surface area contributed by atoms with E-state index in [1.807, 2.05) is 6.61 Å². The molecule has 3 nitrogen and oxygen atoms in total. The van der Waals surface area contributed by atoms with Crippen LogP contribution in [0.4, 0.5) is 0 Å². The van der Waals surface area contributed by atoms with E-state index in [4.69, 9.17) is 5.11 Å². The van der Waals surface area contributed by atoms with Crippen molar-refractivity contribution in [3.8, 4) is 0 Å². The van der Waals surface area contributed by atoms with E-state index < -0.39 is 0 Å². The lowest BCUT2D eigenvalue weighted by atomic mass is 10.4. The fraction of sp³-hybridized carbons (Fsp3) is 0.167. The Hall–Kier alpha value is -0.610. The van der Waals surface area contributed by atoms with Gasteiger partial charge >= 0.3 is 0 Å². The van der Waals surface area contributed by atoms with Crippen molar-refractivity contribution < 1.29 is 5.11 Å². The summed E-state index contributed by atoms with van der Waals surface area (Å²) in [5, 5.41) is 8.24. The summed E-state index contributed by atoms with van der Waals surface area (Å²) in [4.78, 5) is 8.43. The third-order valence-electron chi connectivity index (χ3n) is 0.929. The lowest BCUT2D eigenvalue weighted by molar-refractivity contribution is 0.382. The summed E-state index contributed by atoms with van der Waals surface area (Å²) in [7, 11) is 0. The Kier molecular flexibility index (Phi) is 2.65. The minimum atomic E-state index is 0.258. The molecule has 1 aromatic rings. The molecule has 1 N–H and O–H groups in total. The molecule has 1 heterocycles. The maximum Gasteiger partial charge on any atom is 0.136 e. The van der Waals surface area contributed by atoms with Crippen LogP contribution in [0.25, 0.3) is 0 Å². The molecule has 0 amide bonds. The lowest BCUT2D eigenvalue weighted by Gasteiger charge is -1.93. The van der Waals surface area contributed by atoms with Crippen molar-refractivity contribution >= 4 is 12.6 Å². The van der Waals surface area contributed by atoms with Crippen LogP contribution in [0.3, 0.4) is 0 Å². The molecule has 0 atom stereocenters. The highest BCUT2D eigenvalue weighted by Gasteiger charge is 1.93. The zero-order valence-corrected chi connectivity index (χ0v) is 6.05. The first-order chi connectivity index (χ1) is 4.83. The molecule has 0 bridgehead atoms. The highest BCUT2D eigenvalue weighted by atomic mass is 32.1. The van der Waals surface area contributed by atoms with Gasteiger partial charge in [0.2, 0.25) is 0 Å². The zero-order valence-electron chi connectivity index (χ0n) is 5.15. The van der Waals surface area contributed by atoms with Gasteiger partial charge in [-0.15, -0.1) is 12.6 Å². The van der Waals surface area contributed by atoms with Crippen molar-refractivity contribution in [2.24, 2.45) is 0 Å². The summed E-state index contributed by atoms with van der Waals surface area (Å²) in [6.07, 6.45) is 3.40. The lowest BCUT2D eigenvalue weighted by Crippen LogP contribution is -1.93. The summed E-state index contributed by atoms with van der Waals surface area (Å²) in [5.41, 5.74) is 0. The maximum atomic E-state index is 8.24. The predicted octanol–water partition coefficient (Wildman–Crippen LogP) is 0.719. The van der Waals surface area contributed by atoms with E-state index in [0.717, 1.165) is 0 Å². The first-order valence-corrected chi connectivity index (χ1v) is 3.14. The molecule has 4 heteroatoms. The molecular formula is C6H6N2OS. The van der Waals surface area contributed by atoms with Crippen molar-refractivity contribution in [1.29, 1.82) is 0 Å². The maximum absolute atomic E-state index is 8.24. The molecule has 0 saturated carbocycles. The molecule has 2 radical (unpaired) electrons. The molecular weight excluding hydrogens is 148 g/mol. The number of hydrogen-bond donors (Lipinski definition) is 2. The van der Waals surface area contributed by atoms with E-state index >= 15 is 0 Å². The highest BCUT2D eigenvalue weighted by Crippen LogP contribution is 2.00. The molecule has 10 heavy (non-hydrogen) atoms. The van der Waals surface area contributed by atoms with Gasteiger partial charge in [0.25, 0.3) is 0 Å². The summed E-state index contributed by atoms with van der Waals surface area (Å²) in [5.74, 6) is 0.542. The van der Waals surface area contributed by atoms with Crippen LogP contribution in [0.5, 0.6) is 0 Å². The first-order valence-electron chi connectivity index (χ1n) is 2.70. The van der Waals surface area contributed by atoms with Crippen LogP contribution in [0.15, 0.2) is 17.3 Å². The minimum absolute atomic E-state index is 0.258. The largest absolute Gasteiger partial charge is 0.383 e. The van der Waals surface area contributed by atoms with Crippen molar-refractivity contribution in [1.82, 2.24) is 9.97 Å². The normalized spacial score (nSPS) is 9.80. The van der Waals surface area contributed by atoms with E-state index in [2.05, 4.69) is 22.6 Å². The van der Waals surface area contributed by atoms with Gasteiger partial charge in [-0.1, -0.05) is 0 Å². The molecule has 0 aromatic carbocycles. The second-order valence-corrected chi connectivity index (χ2v) is 2.21. The molecule has 0 aliphatic carbocycles. The number of rotatable bonds is 2. The van der Waals surface area contributed by atoms with Gasteiger partial charge in [-0.2, -0.15) is 0 Å². The van der Waals surface area contributed by atoms with Crippen LogP contribution < -0.4 is 0 Å². The third kappa shape index (κ3) is 1.97. The molecule has 0 spiro atoms. The van der Waals surface area contributed by atoms with Crippen LogP contribution in [-0.2, 0) is 6.42 Å². The van der Waals surface area contributed by atoms with E-state index in [1.54, 1.807) is 12.4 Å². The van der Waals surface area contributed by atoms with Crippen LogP contribution >= 0.6 is 12.6 Å². The molecule has 1 aromatic heterocycles. The van der Waals surface area contributed by atoms with Gasteiger partial charge in [0.1, 0.15) is 12.4 Å². The van der Waals surface area contributed by atoms with E-state index in [1.165, 1.54) is 0 Å². The van der Waals surface area contributed by atoms with E-state index in [0.29, 0.717) is 10.7 Å². The van der Waals surface area contributed by atoms with Gasteiger partial charge in [0.05, 0.1) is 0 Å². The number of thiol groups is 1. The number of aliphatic hydroxyl groups excluding tert-OH is 1. The average molecular weight is 154 g/mol. The second-order valence-electron chi connectivity index (χ2n) is 1.69. The Labute approximate surface area is 64.5 Å². The van der Waals surface area contributed by atoms with Gasteiger partial charge in [0, 0.05) is 23.7 Å². The van der Waals surface area contributed by atoms with E-state index in [-0.39, 0.29) is 6.42 Å². The van der Waals surface area contributed by atoms with Crippen molar-refractivity contribution in [2.45, 2.75) is 11.3 Å². The fourth-order valence-electron chi connectivity index (χ4n) is 0.510. The van der Waals surface area contributed by atoms with Crippen LogP contribution in [-0.4, -0.2) is 15.1 Å². The first kappa shape index (κ1) is 7.50. The topological polar surface area (TPSA) is 46.0 Å². The summed E-state index contributed by atoms with van der Waals surface area (Å²) in [6.45, 7) is 1.95. The Bertz CT molecular complexity index is 199. The summed E-state index contributed by atoms with van der Waals surface area (Å²) in [6, 6.07) is 0. The summed E-state index contributed by atoms with van der Waals surface area (Å²) < 4.78 is 0. The van der Waals surface area contributed by atoms with Gasteiger partial charge in [-0.25, -0.2) is 9.97 Å². The van der Waals surface area contributed by atoms with Gasteiger partial charge < -0.3 is 5.11 Å². The zero-order chi connectivity index (χ0) is 7.40. The number of aromatic nitrogens is 2. The van der Waals surface area contributed by atoms with Gasteiger partial charge in [-0.05, 0) is 0 Å². The monoisotopic (exact) mass is 154 g/mol. The highest BCUT2D eigenvalue weighted by molar-refractivity contribution is 7.80. The number of nitrogens with zero attached hydrogens (tertiary/aromatic N) is 2. The van der Waals surface area contributed by atoms with Gasteiger partial charge in [0.15, 0.2) is 0 Å². The summed E-state index contributed by atoms with van der Waals surface area (Å²) >= 11 is 3.99. The Balaban J connectivity index is 2.69. The molecule has 0 aliphatic rings.